The molecule has 19 heavy (non-hydrogen) atoms. The van der Waals surface area contributed by atoms with E-state index in [1.807, 2.05) is 0 Å². The maximum atomic E-state index is 5.44. The van der Waals surface area contributed by atoms with Crippen LogP contribution in [0.2, 0.25) is 0 Å². The van der Waals surface area contributed by atoms with E-state index in [4.69, 9.17) is 4.52 Å². The summed E-state index contributed by atoms with van der Waals surface area (Å²) >= 11 is 0. The summed E-state index contributed by atoms with van der Waals surface area (Å²) < 4.78 is 5.44. The third-order valence-corrected chi connectivity index (χ3v) is 4.11. The van der Waals surface area contributed by atoms with Gasteiger partial charge in [0, 0.05) is 18.4 Å². The molecule has 1 aromatic rings. The van der Waals surface area contributed by atoms with Gasteiger partial charge in [-0.25, -0.2) is 0 Å². The Morgan fingerprint density at radius 1 is 1.21 bits per heavy atom. The molecule has 4 heteroatoms. The molecule has 0 saturated heterocycles. The van der Waals surface area contributed by atoms with Crippen LogP contribution in [0.5, 0.6) is 0 Å². The summed E-state index contributed by atoms with van der Waals surface area (Å²) in [5, 5.41) is 7.67. The second kappa shape index (κ2) is 7.63. The van der Waals surface area contributed by atoms with Crippen LogP contribution in [0.15, 0.2) is 4.52 Å². The van der Waals surface area contributed by atoms with Gasteiger partial charge in [0.25, 0.3) is 0 Å². The van der Waals surface area contributed by atoms with Gasteiger partial charge in [0.2, 0.25) is 5.89 Å². The summed E-state index contributed by atoms with van der Waals surface area (Å²) in [5.41, 5.74) is 0. The van der Waals surface area contributed by atoms with Crippen molar-refractivity contribution in [2.75, 3.05) is 6.54 Å². The molecule has 0 bridgehead atoms. The third kappa shape index (κ3) is 4.30. The Balaban J connectivity index is 1.93. The topological polar surface area (TPSA) is 51.0 Å². The lowest BCUT2D eigenvalue weighted by atomic mass is 10.00. The zero-order chi connectivity index (χ0) is 13.5. The molecule has 1 aliphatic carbocycles. The highest BCUT2D eigenvalue weighted by Crippen LogP contribution is 2.29. The largest absolute Gasteiger partial charge is 0.339 e. The van der Waals surface area contributed by atoms with Crippen molar-refractivity contribution in [2.24, 2.45) is 0 Å². The van der Waals surface area contributed by atoms with E-state index in [0.29, 0.717) is 12.0 Å². The van der Waals surface area contributed by atoms with Crippen molar-refractivity contribution in [3.05, 3.63) is 11.7 Å². The molecular weight excluding hydrogens is 238 g/mol. The van der Waals surface area contributed by atoms with Crippen molar-refractivity contribution in [2.45, 2.75) is 77.2 Å². The number of aromatic nitrogens is 2. The molecular formula is C15H27N3O. The molecule has 4 nitrogen and oxygen atoms in total. The molecule has 0 spiro atoms. The first-order valence-electron chi connectivity index (χ1n) is 7.89. The second-order valence-corrected chi connectivity index (χ2v) is 5.60. The smallest absolute Gasteiger partial charge is 0.228 e. The Labute approximate surface area is 116 Å². The van der Waals surface area contributed by atoms with Gasteiger partial charge in [0.15, 0.2) is 5.82 Å². The molecule has 0 aliphatic heterocycles. The van der Waals surface area contributed by atoms with E-state index in [1.54, 1.807) is 0 Å². The maximum absolute atomic E-state index is 5.44. The molecule has 1 atom stereocenters. The average Bonchev–Trinajstić information content (AvgIpc) is 2.72. The van der Waals surface area contributed by atoms with Gasteiger partial charge in [-0.1, -0.05) is 44.7 Å². The van der Waals surface area contributed by atoms with Crippen LogP contribution in [0.3, 0.4) is 0 Å². The fourth-order valence-corrected chi connectivity index (χ4v) is 2.91. The van der Waals surface area contributed by atoms with Gasteiger partial charge in [-0.3, -0.25) is 0 Å². The monoisotopic (exact) mass is 265 g/mol. The number of nitrogens with one attached hydrogen (secondary N) is 1. The van der Waals surface area contributed by atoms with E-state index < -0.39 is 0 Å². The predicted molar refractivity (Wildman–Crippen MR) is 76.2 cm³/mol. The molecule has 108 valence electrons. The number of nitrogens with zero attached hydrogens (tertiary/aromatic N) is 2. The summed E-state index contributed by atoms with van der Waals surface area (Å²) in [6.07, 6.45) is 9.73. The highest BCUT2D eigenvalue weighted by molar-refractivity contribution is 4.97. The van der Waals surface area contributed by atoms with Crippen LogP contribution in [-0.2, 0) is 6.42 Å². The molecule has 1 saturated carbocycles. The Bertz CT molecular complexity index is 356. The molecule has 1 fully saturated rings. The SMILES string of the molecule is CCNC(CC)Cc1nc(C2CCCCCC2)no1. The second-order valence-electron chi connectivity index (χ2n) is 5.60. The lowest BCUT2D eigenvalue weighted by Gasteiger charge is -2.12. The van der Waals surface area contributed by atoms with Gasteiger partial charge in [-0.2, -0.15) is 4.98 Å². The Kier molecular flexibility index (Phi) is 5.83. The summed E-state index contributed by atoms with van der Waals surface area (Å²) in [4.78, 5) is 4.63. The first kappa shape index (κ1) is 14.5. The van der Waals surface area contributed by atoms with Gasteiger partial charge >= 0.3 is 0 Å². The normalized spacial score (nSPS) is 19.3. The lowest BCUT2D eigenvalue weighted by molar-refractivity contribution is 0.348. The number of likely N-dealkylation sites (N-methyl/N-ethyl adjacent to an activating group) is 1. The van der Waals surface area contributed by atoms with Gasteiger partial charge in [0.05, 0.1) is 0 Å². The molecule has 1 N–H and O–H groups in total. The summed E-state index contributed by atoms with van der Waals surface area (Å²) in [6.45, 7) is 5.31. The number of hydrogen-bond donors (Lipinski definition) is 1. The van der Waals surface area contributed by atoms with Crippen molar-refractivity contribution in [1.82, 2.24) is 15.5 Å². The van der Waals surface area contributed by atoms with Crippen LogP contribution in [0, 0.1) is 0 Å². The minimum absolute atomic E-state index is 0.451. The van der Waals surface area contributed by atoms with E-state index >= 15 is 0 Å². The Hall–Kier alpha value is -0.900. The molecule has 1 unspecified atom stereocenters. The van der Waals surface area contributed by atoms with Crippen molar-refractivity contribution in [3.63, 3.8) is 0 Å². The summed E-state index contributed by atoms with van der Waals surface area (Å²) in [6, 6.07) is 0.451. The molecule has 0 radical (unpaired) electrons. The quantitative estimate of drug-likeness (QED) is 0.801. The predicted octanol–water partition coefficient (Wildman–Crippen LogP) is 3.44. The number of hydrogen-bond acceptors (Lipinski definition) is 4. The maximum Gasteiger partial charge on any atom is 0.228 e. The zero-order valence-electron chi connectivity index (χ0n) is 12.3. The van der Waals surface area contributed by atoms with E-state index in [0.717, 1.165) is 31.1 Å². The minimum atomic E-state index is 0.451. The van der Waals surface area contributed by atoms with E-state index in [2.05, 4.69) is 29.3 Å². The van der Waals surface area contributed by atoms with Gasteiger partial charge in [0.1, 0.15) is 0 Å². The van der Waals surface area contributed by atoms with Crippen LogP contribution in [-0.4, -0.2) is 22.7 Å². The van der Waals surface area contributed by atoms with Gasteiger partial charge in [-0.05, 0) is 25.8 Å². The van der Waals surface area contributed by atoms with Crippen LogP contribution < -0.4 is 5.32 Å². The molecule has 2 rings (SSSR count). The minimum Gasteiger partial charge on any atom is -0.339 e. The molecule has 1 heterocycles. The van der Waals surface area contributed by atoms with Crippen molar-refractivity contribution < 1.29 is 4.52 Å². The van der Waals surface area contributed by atoms with Crippen molar-refractivity contribution in [1.29, 1.82) is 0 Å². The standard InChI is InChI=1S/C15H27N3O/c1-3-13(16-4-2)11-14-17-15(18-19-14)12-9-7-5-6-8-10-12/h12-13,16H,3-11H2,1-2H3. The Morgan fingerprint density at radius 2 is 1.95 bits per heavy atom. The van der Waals surface area contributed by atoms with Crippen molar-refractivity contribution >= 4 is 0 Å². The average molecular weight is 265 g/mol. The lowest BCUT2D eigenvalue weighted by Crippen LogP contribution is -2.30. The number of rotatable bonds is 6. The van der Waals surface area contributed by atoms with Crippen LogP contribution >= 0.6 is 0 Å². The molecule has 0 aromatic carbocycles. The summed E-state index contributed by atoms with van der Waals surface area (Å²) in [7, 11) is 0. The zero-order valence-corrected chi connectivity index (χ0v) is 12.3. The first-order chi connectivity index (χ1) is 9.33. The van der Waals surface area contributed by atoms with E-state index in [9.17, 15) is 0 Å². The van der Waals surface area contributed by atoms with Crippen molar-refractivity contribution in [3.8, 4) is 0 Å². The highest BCUT2D eigenvalue weighted by atomic mass is 16.5. The fraction of sp³-hybridized carbons (Fsp3) is 0.867. The van der Waals surface area contributed by atoms with Crippen LogP contribution in [0.4, 0.5) is 0 Å². The molecule has 0 amide bonds. The van der Waals surface area contributed by atoms with Gasteiger partial charge in [-0.15, -0.1) is 0 Å². The van der Waals surface area contributed by atoms with Gasteiger partial charge < -0.3 is 9.84 Å². The molecule has 1 aromatic heterocycles. The van der Waals surface area contributed by atoms with Crippen LogP contribution in [0.1, 0.15) is 76.4 Å². The van der Waals surface area contributed by atoms with E-state index in [1.165, 1.54) is 38.5 Å². The summed E-state index contributed by atoms with van der Waals surface area (Å²) in [5.74, 6) is 2.27. The first-order valence-corrected chi connectivity index (χ1v) is 7.89. The highest BCUT2D eigenvalue weighted by Gasteiger charge is 2.20. The Morgan fingerprint density at radius 3 is 2.58 bits per heavy atom. The molecule has 1 aliphatic rings. The fourth-order valence-electron chi connectivity index (χ4n) is 2.91. The van der Waals surface area contributed by atoms with Crippen LogP contribution in [0.25, 0.3) is 0 Å². The third-order valence-electron chi connectivity index (χ3n) is 4.11. The van der Waals surface area contributed by atoms with E-state index in [-0.39, 0.29) is 0 Å².